The average molecular weight is 275 g/mol. The molecule has 1 aromatic carbocycles. The van der Waals surface area contributed by atoms with Gasteiger partial charge in [-0.25, -0.2) is 0 Å². The lowest BCUT2D eigenvalue weighted by atomic mass is 10.2. The van der Waals surface area contributed by atoms with Gasteiger partial charge >= 0.3 is 0 Å². The van der Waals surface area contributed by atoms with Gasteiger partial charge in [0.1, 0.15) is 6.04 Å². The molecule has 4 nitrogen and oxygen atoms in total. The summed E-state index contributed by atoms with van der Waals surface area (Å²) in [6.45, 7) is 3.76. The minimum Gasteiger partial charge on any atom is -0.399 e. The summed E-state index contributed by atoms with van der Waals surface area (Å²) in [5, 5.41) is 0. The van der Waals surface area contributed by atoms with E-state index in [2.05, 4.69) is 0 Å². The second kappa shape index (κ2) is 6.64. The van der Waals surface area contributed by atoms with Gasteiger partial charge in [0, 0.05) is 31.5 Å². The maximum atomic E-state index is 12.6. The number of carbonyl (C=O) groups is 1. The van der Waals surface area contributed by atoms with Gasteiger partial charge < -0.3 is 15.5 Å². The fraction of sp³-hybridized carbons (Fsp3) is 0.562. The van der Waals surface area contributed by atoms with Crippen LogP contribution in [-0.4, -0.2) is 37.0 Å². The van der Waals surface area contributed by atoms with Crippen molar-refractivity contribution in [3.05, 3.63) is 24.3 Å². The Morgan fingerprint density at radius 2 is 1.90 bits per heavy atom. The van der Waals surface area contributed by atoms with E-state index in [0.29, 0.717) is 0 Å². The largest absolute Gasteiger partial charge is 0.399 e. The zero-order chi connectivity index (χ0) is 14.5. The molecule has 0 bridgehead atoms. The summed E-state index contributed by atoms with van der Waals surface area (Å²) >= 11 is 0. The number of benzene rings is 1. The Morgan fingerprint density at radius 3 is 2.50 bits per heavy atom. The molecule has 1 aliphatic heterocycles. The zero-order valence-corrected chi connectivity index (χ0v) is 12.5. The third kappa shape index (κ3) is 3.44. The van der Waals surface area contributed by atoms with E-state index < -0.39 is 0 Å². The molecule has 0 radical (unpaired) electrons. The van der Waals surface area contributed by atoms with Crippen LogP contribution in [-0.2, 0) is 4.79 Å². The van der Waals surface area contributed by atoms with Crippen molar-refractivity contribution >= 4 is 17.3 Å². The Bertz CT molecular complexity index is 453. The van der Waals surface area contributed by atoms with Crippen molar-refractivity contribution in [3.8, 4) is 0 Å². The van der Waals surface area contributed by atoms with Crippen LogP contribution in [0.25, 0.3) is 0 Å². The lowest BCUT2D eigenvalue weighted by Gasteiger charge is -2.31. The molecule has 1 saturated heterocycles. The van der Waals surface area contributed by atoms with Gasteiger partial charge in [-0.3, -0.25) is 4.79 Å². The molecule has 1 aliphatic rings. The van der Waals surface area contributed by atoms with Crippen molar-refractivity contribution in [2.45, 2.75) is 38.6 Å². The van der Waals surface area contributed by atoms with Crippen LogP contribution in [0.5, 0.6) is 0 Å². The van der Waals surface area contributed by atoms with Crippen molar-refractivity contribution < 1.29 is 4.79 Å². The summed E-state index contributed by atoms with van der Waals surface area (Å²) in [6.07, 6.45) is 4.73. The predicted molar refractivity (Wildman–Crippen MR) is 83.8 cm³/mol. The lowest BCUT2D eigenvalue weighted by molar-refractivity contribution is -0.132. The van der Waals surface area contributed by atoms with Crippen molar-refractivity contribution in [3.63, 3.8) is 0 Å². The number of hydrogen-bond acceptors (Lipinski definition) is 3. The number of nitrogen functional groups attached to an aromatic ring is 1. The van der Waals surface area contributed by atoms with Crippen molar-refractivity contribution in [1.82, 2.24) is 4.90 Å². The summed E-state index contributed by atoms with van der Waals surface area (Å²) in [5.74, 6) is 0.219. The SMILES string of the molecule is CC(C(=O)N1CCCCCC1)N(C)c1cccc(N)c1. The second-order valence-electron chi connectivity index (χ2n) is 5.62. The van der Waals surface area contributed by atoms with Gasteiger partial charge in [-0.1, -0.05) is 18.9 Å². The summed E-state index contributed by atoms with van der Waals surface area (Å²) < 4.78 is 0. The molecule has 110 valence electrons. The molecule has 0 spiro atoms. The van der Waals surface area contributed by atoms with Gasteiger partial charge in [0.25, 0.3) is 0 Å². The number of likely N-dealkylation sites (tertiary alicyclic amines) is 1. The molecule has 1 atom stereocenters. The molecule has 1 unspecified atom stereocenters. The van der Waals surface area contributed by atoms with Crippen LogP contribution in [0, 0.1) is 0 Å². The molecule has 1 amide bonds. The highest BCUT2D eigenvalue weighted by atomic mass is 16.2. The molecule has 4 heteroatoms. The van der Waals surface area contributed by atoms with Crippen LogP contribution >= 0.6 is 0 Å². The maximum Gasteiger partial charge on any atom is 0.244 e. The van der Waals surface area contributed by atoms with Gasteiger partial charge in [-0.15, -0.1) is 0 Å². The van der Waals surface area contributed by atoms with Gasteiger partial charge in [0.2, 0.25) is 5.91 Å². The first-order valence-corrected chi connectivity index (χ1v) is 7.47. The van der Waals surface area contributed by atoms with E-state index in [1.165, 1.54) is 12.8 Å². The van der Waals surface area contributed by atoms with Crippen molar-refractivity contribution in [1.29, 1.82) is 0 Å². The Kier molecular flexibility index (Phi) is 4.88. The van der Waals surface area contributed by atoms with Gasteiger partial charge in [0.05, 0.1) is 0 Å². The van der Waals surface area contributed by atoms with E-state index in [0.717, 1.165) is 37.3 Å². The minimum atomic E-state index is -0.158. The highest BCUT2D eigenvalue weighted by molar-refractivity contribution is 5.85. The van der Waals surface area contributed by atoms with Crippen LogP contribution in [0.4, 0.5) is 11.4 Å². The van der Waals surface area contributed by atoms with Crippen molar-refractivity contribution in [2.24, 2.45) is 0 Å². The Balaban J connectivity index is 2.05. The lowest BCUT2D eigenvalue weighted by Crippen LogP contribution is -2.46. The predicted octanol–water partition coefficient (Wildman–Crippen LogP) is 2.50. The molecule has 0 saturated carbocycles. The first-order chi connectivity index (χ1) is 9.59. The molecule has 1 aromatic rings. The van der Waals surface area contributed by atoms with E-state index in [1.807, 2.05) is 48.0 Å². The average Bonchev–Trinajstić information content (AvgIpc) is 2.74. The van der Waals surface area contributed by atoms with Gasteiger partial charge in [-0.05, 0) is 38.0 Å². The number of hydrogen-bond donors (Lipinski definition) is 1. The highest BCUT2D eigenvalue weighted by Gasteiger charge is 2.24. The number of nitrogens with zero attached hydrogens (tertiary/aromatic N) is 2. The smallest absolute Gasteiger partial charge is 0.244 e. The van der Waals surface area contributed by atoms with E-state index in [1.54, 1.807) is 0 Å². The molecule has 1 fully saturated rings. The monoisotopic (exact) mass is 275 g/mol. The van der Waals surface area contributed by atoms with Gasteiger partial charge in [0.15, 0.2) is 0 Å². The number of nitrogens with two attached hydrogens (primary N) is 1. The van der Waals surface area contributed by atoms with Crippen LogP contribution in [0.3, 0.4) is 0 Å². The van der Waals surface area contributed by atoms with Crippen LogP contribution in [0.1, 0.15) is 32.6 Å². The molecule has 0 aliphatic carbocycles. The molecular formula is C16H25N3O. The Morgan fingerprint density at radius 1 is 1.25 bits per heavy atom. The number of amides is 1. The number of likely N-dealkylation sites (N-methyl/N-ethyl adjacent to an activating group) is 1. The second-order valence-corrected chi connectivity index (χ2v) is 5.62. The highest BCUT2D eigenvalue weighted by Crippen LogP contribution is 2.20. The van der Waals surface area contributed by atoms with Crippen LogP contribution < -0.4 is 10.6 Å². The zero-order valence-electron chi connectivity index (χ0n) is 12.5. The normalized spacial score (nSPS) is 17.4. The number of anilines is 2. The molecule has 20 heavy (non-hydrogen) atoms. The summed E-state index contributed by atoms with van der Waals surface area (Å²) in [4.78, 5) is 16.6. The van der Waals surface area contributed by atoms with E-state index >= 15 is 0 Å². The van der Waals surface area contributed by atoms with E-state index in [4.69, 9.17) is 5.73 Å². The molecule has 2 N–H and O–H groups in total. The maximum absolute atomic E-state index is 12.6. The fourth-order valence-electron chi connectivity index (χ4n) is 2.69. The molecular weight excluding hydrogens is 250 g/mol. The Labute approximate surface area is 121 Å². The number of carbonyl (C=O) groups excluding carboxylic acids is 1. The molecule has 0 aromatic heterocycles. The summed E-state index contributed by atoms with van der Waals surface area (Å²) in [7, 11) is 1.95. The number of rotatable bonds is 3. The fourth-order valence-corrected chi connectivity index (χ4v) is 2.69. The van der Waals surface area contributed by atoms with Crippen molar-refractivity contribution in [2.75, 3.05) is 30.8 Å². The Hall–Kier alpha value is -1.71. The first-order valence-electron chi connectivity index (χ1n) is 7.47. The van der Waals surface area contributed by atoms with Crippen LogP contribution in [0.15, 0.2) is 24.3 Å². The summed E-state index contributed by atoms with van der Waals surface area (Å²) in [6, 6.07) is 7.52. The quantitative estimate of drug-likeness (QED) is 0.862. The van der Waals surface area contributed by atoms with E-state index in [9.17, 15) is 4.79 Å². The molecule has 2 rings (SSSR count). The third-order valence-corrected chi connectivity index (χ3v) is 4.13. The van der Waals surface area contributed by atoms with Crippen LogP contribution in [0.2, 0.25) is 0 Å². The summed E-state index contributed by atoms with van der Waals surface area (Å²) in [5.41, 5.74) is 7.53. The van der Waals surface area contributed by atoms with Gasteiger partial charge in [-0.2, -0.15) is 0 Å². The minimum absolute atomic E-state index is 0.158. The standard InChI is InChI=1S/C16H25N3O/c1-13(16(20)19-10-5-3-4-6-11-19)18(2)15-9-7-8-14(17)12-15/h7-9,12-13H,3-6,10-11,17H2,1-2H3. The topological polar surface area (TPSA) is 49.6 Å². The molecule has 1 heterocycles. The van der Waals surface area contributed by atoms with E-state index in [-0.39, 0.29) is 11.9 Å². The third-order valence-electron chi connectivity index (χ3n) is 4.13. The first kappa shape index (κ1) is 14.7.